The van der Waals surface area contributed by atoms with Gasteiger partial charge in [0.15, 0.2) is 0 Å². The Morgan fingerprint density at radius 2 is 1.84 bits per heavy atom. The van der Waals surface area contributed by atoms with E-state index in [0.717, 1.165) is 68.8 Å². The number of benzene rings is 2. The Morgan fingerprint density at radius 3 is 2.53 bits per heavy atom. The molecule has 45 heavy (non-hydrogen) atoms. The minimum Gasteiger partial charge on any atom is -0.366 e. The molecule has 1 N–H and O–H groups in total. The SMILES string of the molecule is C=C(CC(C)(C)C)c1ccc2nc(CN3CCN(c4cccc(NCc5ccc(C#N)cc5F)n4)CC3)n(CC3CCC3)c2c1. The highest BCUT2D eigenvalue weighted by Gasteiger charge is 2.25. The molecular weight excluding hydrogens is 561 g/mol. The second kappa shape index (κ2) is 13.0. The number of imidazole rings is 1. The Morgan fingerprint density at radius 1 is 1.04 bits per heavy atom. The normalized spacial score (nSPS) is 16.0. The fraction of sp³-hybridized carbons (Fsp3) is 0.432. The third-order valence-corrected chi connectivity index (χ3v) is 9.08. The largest absolute Gasteiger partial charge is 0.366 e. The number of allylic oxidation sites excluding steroid dienone is 1. The molecule has 2 aromatic heterocycles. The van der Waals surface area contributed by atoms with Gasteiger partial charge in [0.25, 0.3) is 0 Å². The maximum absolute atomic E-state index is 14.3. The van der Waals surface area contributed by atoms with E-state index in [0.29, 0.717) is 23.5 Å². The zero-order chi connectivity index (χ0) is 31.6. The van der Waals surface area contributed by atoms with Gasteiger partial charge in [0.1, 0.15) is 23.3 Å². The van der Waals surface area contributed by atoms with Crippen molar-refractivity contribution in [1.29, 1.82) is 5.26 Å². The molecule has 1 saturated heterocycles. The van der Waals surface area contributed by atoms with Gasteiger partial charge in [-0.05, 0) is 78.1 Å². The second-order valence-corrected chi connectivity index (χ2v) is 13.9. The van der Waals surface area contributed by atoms with Crippen LogP contribution >= 0.6 is 0 Å². The van der Waals surface area contributed by atoms with Gasteiger partial charge in [-0.2, -0.15) is 5.26 Å². The van der Waals surface area contributed by atoms with Gasteiger partial charge in [0.05, 0.1) is 29.2 Å². The minimum atomic E-state index is -0.388. The molecule has 0 radical (unpaired) electrons. The van der Waals surface area contributed by atoms with Gasteiger partial charge in [-0.15, -0.1) is 0 Å². The number of fused-ring (bicyclic) bond motifs is 1. The molecule has 1 aliphatic carbocycles. The van der Waals surface area contributed by atoms with Gasteiger partial charge in [0, 0.05) is 44.8 Å². The Kier molecular flexibility index (Phi) is 8.91. The number of nitrogens with zero attached hydrogens (tertiary/aromatic N) is 6. The molecule has 0 unspecified atom stereocenters. The highest BCUT2D eigenvalue weighted by Crippen LogP contribution is 2.33. The minimum absolute atomic E-state index is 0.199. The predicted octanol–water partition coefficient (Wildman–Crippen LogP) is 7.63. The highest BCUT2D eigenvalue weighted by atomic mass is 19.1. The molecule has 1 saturated carbocycles. The number of halogens is 1. The molecule has 8 heteroatoms. The van der Waals surface area contributed by atoms with Crippen LogP contribution in [-0.2, 0) is 19.6 Å². The Hall–Kier alpha value is -4.22. The van der Waals surface area contributed by atoms with E-state index >= 15 is 0 Å². The number of nitrogens with one attached hydrogen (secondary N) is 1. The van der Waals surface area contributed by atoms with E-state index in [1.807, 2.05) is 24.3 Å². The van der Waals surface area contributed by atoms with Crippen molar-refractivity contribution in [3.8, 4) is 6.07 Å². The van der Waals surface area contributed by atoms with Crippen molar-refractivity contribution in [1.82, 2.24) is 19.4 Å². The summed E-state index contributed by atoms with van der Waals surface area (Å²) in [5, 5.41) is 12.2. The van der Waals surface area contributed by atoms with Crippen molar-refractivity contribution in [2.45, 2.75) is 66.1 Å². The lowest BCUT2D eigenvalue weighted by Gasteiger charge is -2.35. The highest BCUT2D eigenvalue weighted by molar-refractivity contribution is 5.81. The molecule has 234 valence electrons. The van der Waals surface area contributed by atoms with E-state index in [1.165, 1.54) is 42.0 Å². The summed E-state index contributed by atoms with van der Waals surface area (Å²) in [5.41, 5.74) is 5.74. The van der Waals surface area contributed by atoms with Crippen molar-refractivity contribution in [2.75, 3.05) is 36.4 Å². The number of anilines is 2. The number of piperazine rings is 1. The van der Waals surface area contributed by atoms with Gasteiger partial charge in [-0.25, -0.2) is 14.4 Å². The zero-order valence-corrected chi connectivity index (χ0v) is 26.8. The van der Waals surface area contributed by atoms with E-state index in [1.54, 1.807) is 12.1 Å². The van der Waals surface area contributed by atoms with Gasteiger partial charge in [-0.3, -0.25) is 4.90 Å². The van der Waals surface area contributed by atoms with E-state index < -0.39 is 0 Å². The van der Waals surface area contributed by atoms with E-state index in [-0.39, 0.29) is 11.2 Å². The molecule has 0 atom stereocenters. The van der Waals surface area contributed by atoms with Crippen LogP contribution in [0.5, 0.6) is 0 Å². The van der Waals surface area contributed by atoms with Crippen molar-refractivity contribution < 1.29 is 4.39 Å². The first-order valence-electron chi connectivity index (χ1n) is 16.2. The average Bonchev–Trinajstić information content (AvgIpc) is 3.33. The maximum atomic E-state index is 14.3. The van der Waals surface area contributed by atoms with Crippen LogP contribution in [-0.4, -0.2) is 45.6 Å². The monoisotopic (exact) mass is 605 g/mol. The summed E-state index contributed by atoms with van der Waals surface area (Å²) in [6, 6.07) is 19.1. The van der Waals surface area contributed by atoms with Gasteiger partial charge in [-0.1, -0.05) is 52.0 Å². The Bertz CT molecular complexity index is 1720. The summed E-state index contributed by atoms with van der Waals surface area (Å²) in [5.74, 6) is 3.12. The summed E-state index contributed by atoms with van der Waals surface area (Å²) >= 11 is 0. The van der Waals surface area contributed by atoms with Crippen LogP contribution in [0, 0.1) is 28.5 Å². The third kappa shape index (κ3) is 7.37. The lowest BCUT2D eigenvalue weighted by Crippen LogP contribution is -2.46. The van der Waals surface area contributed by atoms with Crippen molar-refractivity contribution in [3.05, 3.63) is 89.5 Å². The lowest BCUT2D eigenvalue weighted by molar-refractivity contribution is 0.231. The standard InChI is InChI=1S/C37H44FN7/c1-26(21-37(2,3)4)29-13-14-32-33(20-29)45(24-27-7-5-8-27)36(41-32)25-43-15-17-44(18-16-43)35-10-6-9-34(42-35)40-23-30-12-11-28(22-39)19-31(30)38/h6,9-14,19-20,27H,1,5,7-8,15-18,21,23-25H2,2-4H3,(H,40,42). The van der Waals surface area contributed by atoms with Crippen molar-refractivity contribution >= 4 is 28.2 Å². The van der Waals surface area contributed by atoms with Gasteiger partial charge >= 0.3 is 0 Å². The number of hydrogen-bond donors (Lipinski definition) is 1. The third-order valence-electron chi connectivity index (χ3n) is 9.08. The first-order valence-corrected chi connectivity index (χ1v) is 16.2. The van der Waals surface area contributed by atoms with E-state index in [4.69, 9.17) is 15.2 Å². The number of aromatic nitrogens is 3. The molecule has 1 aliphatic heterocycles. The van der Waals surface area contributed by atoms with Crippen LogP contribution in [0.15, 0.2) is 61.2 Å². The number of hydrogen-bond acceptors (Lipinski definition) is 6. The quantitative estimate of drug-likeness (QED) is 0.200. The number of pyridine rings is 1. The van der Waals surface area contributed by atoms with Crippen molar-refractivity contribution in [3.63, 3.8) is 0 Å². The molecule has 2 aliphatic rings. The van der Waals surface area contributed by atoms with Crippen LogP contribution in [0.1, 0.15) is 69.0 Å². The predicted molar refractivity (Wildman–Crippen MR) is 180 cm³/mol. The first kappa shape index (κ1) is 30.8. The molecule has 2 fully saturated rings. The maximum Gasteiger partial charge on any atom is 0.131 e. The zero-order valence-electron chi connectivity index (χ0n) is 26.8. The first-order chi connectivity index (χ1) is 21.6. The van der Waals surface area contributed by atoms with Crippen LogP contribution < -0.4 is 10.2 Å². The lowest BCUT2D eigenvalue weighted by atomic mass is 9.85. The molecule has 3 heterocycles. The fourth-order valence-corrected chi connectivity index (χ4v) is 6.37. The van der Waals surface area contributed by atoms with E-state index in [9.17, 15) is 4.39 Å². The number of rotatable bonds is 10. The van der Waals surface area contributed by atoms with E-state index in [2.05, 4.69) is 65.2 Å². The summed E-state index contributed by atoms with van der Waals surface area (Å²) < 4.78 is 16.8. The molecule has 7 nitrogen and oxygen atoms in total. The summed E-state index contributed by atoms with van der Waals surface area (Å²) in [6.07, 6.45) is 4.91. The Labute approximate surface area is 266 Å². The fourth-order valence-electron chi connectivity index (χ4n) is 6.37. The van der Waals surface area contributed by atoms with Crippen LogP contribution in [0.2, 0.25) is 0 Å². The molecule has 0 spiro atoms. The molecule has 4 aromatic rings. The molecule has 0 bridgehead atoms. The van der Waals surface area contributed by atoms with Crippen LogP contribution in [0.25, 0.3) is 16.6 Å². The summed E-state index contributed by atoms with van der Waals surface area (Å²) in [7, 11) is 0. The molecule has 2 aromatic carbocycles. The van der Waals surface area contributed by atoms with Gasteiger partial charge in [0.2, 0.25) is 0 Å². The molecule has 0 amide bonds. The summed E-state index contributed by atoms with van der Waals surface area (Å²) in [6.45, 7) is 17.0. The molecular formula is C37H44FN7. The van der Waals surface area contributed by atoms with Crippen LogP contribution in [0.3, 0.4) is 0 Å². The average molecular weight is 606 g/mol. The summed E-state index contributed by atoms with van der Waals surface area (Å²) in [4.78, 5) is 14.8. The number of nitriles is 1. The van der Waals surface area contributed by atoms with Crippen LogP contribution in [0.4, 0.5) is 16.0 Å². The Balaban J connectivity index is 1.11. The topological polar surface area (TPSA) is 73.0 Å². The van der Waals surface area contributed by atoms with Crippen molar-refractivity contribution in [2.24, 2.45) is 11.3 Å². The molecule has 6 rings (SSSR count). The second-order valence-electron chi connectivity index (χ2n) is 13.9. The smallest absolute Gasteiger partial charge is 0.131 e. The van der Waals surface area contributed by atoms with Gasteiger partial charge < -0.3 is 14.8 Å².